The second-order valence-corrected chi connectivity index (χ2v) is 5.03. The molecule has 0 spiro atoms. The van der Waals surface area contributed by atoms with E-state index in [4.69, 9.17) is 0 Å². The summed E-state index contributed by atoms with van der Waals surface area (Å²) in [6.45, 7) is 8.76. The van der Waals surface area contributed by atoms with Crippen molar-refractivity contribution in [3.63, 3.8) is 0 Å². The van der Waals surface area contributed by atoms with E-state index in [2.05, 4.69) is 39.1 Å². The first-order chi connectivity index (χ1) is 8.49. The SMILES string of the molecule is C[CH-]C(C)C(C)(CC)c1ccc([O-])c(C=NC)c1. The molecule has 0 saturated heterocycles. The minimum absolute atomic E-state index is 0.0379. The van der Waals surface area contributed by atoms with Crippen molar-refractivity contribution in [1.29, 1.82) is 0 Å². The minimum atomic E-state index is 0.0379. The van der Waals surface area contributed by atoms with Crippen LogP contribution < -0.4 is 5.11 Å². The van der Waals surface area contributed by atoms with Gasteiger partial charge in [-0.2, -0.15) is 12.8 Å². The molecule has 1 aromatic carbocycles. The van der Waals surface area contributed by atoms with Crippen molar-refractivity contribution in [2.45, 2.75) is 39.5 Å². The van der Waals surface area contributed by atoms with Crippen LogP contribution in [0.5, 0.6) is 5.75 Å². The third-order valence-corrected chi connectivity index (χ3v) is 4.18. The van der Waals surface area contributed by atoms with Crippen molar-refractivity contribution >= 4 is 6.21 Å². The van der Waals surface area contributed by atoms with Crippen LogP contribution in [0.2, 0.25) is 0 Å². The lowest BCUT2D eigenvalue weighted by molar-refractivity contribution is -0.268. The van der Waals surface area contributed by atoms with Gasteiger partial charge >= 0.3 is 0 Å². The molecule has 0 aliphatic rings. The lowest BCUT2D eigenvalue weighted by Crippen LogP contribution is -2.29. The fourth-order valence-corrected chi connectivity index (χ4v) is 2.30. The molecule has 0 aromatic heterocycles. The number of benzene rings is 1. The molecule has 0 aliphatic carbocycles. The lowest BCUT2D eigenvalue weighted by Gasteiger charge is -2.41. The molecular weight excluding hydrogens is 222 g/mol. The zero-order valence-electron chi connectivity index (χ0n) is 12.0. The molecule has 18 heavy (non-hydrogen) atoms. The van der Waals surface area contributed by atoms with Gasteiger partial charge in [-0.1, -0.05) is 39.0 Å². The fraction of sp³-hybridized carbons (Fsp3) is 0.500. The Morgan fingerprint density at radius 3 is 2.67 bits per heavy atom. The molecule has 1 rings (SSSR count). The summed E-state index contributed by atoms with van der Waals surface area (Å²) in [6, 6.07) is 5.60. The first kappa shape index (κ1) is 14.7. The van der Waals surface area contributed by atoms with Gasteiger partial charge in [-0.25, -0.2) is 0 Å². The summed E-state index contributed by atoms with van der Waals surface area (Å²) < 4.78 is 0. The smallest absolute Gasteiger partial charge is 0.0277 e. The van der Waals surface area contributed by atoms with E-state index in [1.807, 2.05) is 12.1 Å². The monoisotopic (exact) mass is 245 g/mol. The predicted molar refractivity (Wildman–Crippen MR) is 76.2 cm³/mol. The molecule has 0 heterocycles. The number of rotatable bonds is 5. The van der Waals surface area contributed by atoms with Crippen LogP contribution in [0.15, 0.2) is 23.2 Å². The largest absolute Gasteiger partial charge is 0.872 e. The average Bonchev–Trinajstić information content (AvgIpc) is 2.39. The third kappa shape index (κ3) is 2.74. The van der Waals surface area contributed by atoms with Gasteiger partial charge in [0, 0.05) is 13.3 Å². The predicted octanol–water partition coefficient (Wildman–Crippen LogP) is 3.34. The second-order valence-electron chi connectivity index (χ2n) is 5.03. The summed E-state index contributed by atoms with van der Waals surface area (Å²) in [7, 11) is 1.69. The molecule has 2 atom stereocenters. The summed E-state index contributed by atoms with van der Waals surface area (Å²) in [5.74, 6) is 0.502. The van der Waals surface area contributed by atoms with Gasteiger partial charge in [0.25, 0.3) is 0 Å². The molecule has 100 valence electrons. The molecule has 2 heteroatoms. The van der Waals surface area contributed by atoms with E-state index in [9.17, 15) is 5.11 Å². The Labute approximate surface area is 111 Å². The van der Waals surface area contributed by atoms with E-state index in [-0.39, 0.29) is 11.2 Å². The Morgan fingerprint density at radius 2 is 2.17 bits per heavy atom. The summed E-state index contributed by atoms with van der Waals surface area (Å²) in [4.78, 5) is 3.95. The van der Waals surface area contributed by atoms with E-state index in [1.165, 1.54) is 5.56 Å². The van der Waals surface area contributed by atoms with Crippen molar-refractivity contribution in [1.82, 2.24) is 0 Å². The van der Waals surface area contributed by atoms with Crippen LogP contribution in [-0.2, 0) is 5.41 Å². The van der Waals surface area contributed by atoms with Gasteiger partial charge in [-0.05, 0) is 23.0 Å². The van der Waals surface area contributed by atoms with Gasteiger partial charge in [0.15, 0.2) is 0 Å². The van der Waals surface area contributed by atoms with Gasteiger partial charge in [-0.15, -0.1) is 5.75 Å². The summed E-state index contributed by atoms with van der Waals surface area (Å²) in [5, 5.41) is 11.7. The molecule has 0 N–H and O–H groups in total. The van der Waals surface area contributed by atoms with Crippen LogP contribution in [0.1, 0.15) is 45.2 Å². The average molecular weight is 245 g/mol. The van der Waals surface area contributed by atoms with E-state index >= 15 is 0 Å². The Morgan fingerprint density at radius 1 is 1.50 bits per heavy atom. The topological polar surface area (TPSA) is 35.4 Å². The highest BCUT2D eigenvalue weighted by Crippen LogP contribution is 2.37. The Balaban J connectivity index is 3.26. The van der Waals surface area contributed by atoms with Crippen molar-refractivity contribution in [3.8, 4) is 5.75 Å². The normalized spacial score (nSPS) is 16.7. The molecular formula is C16H23NO-2. The number of hydrogen-bond donors (Lipinski definition) is 0. The van der Waals surface area contributed by atoms with Gasteiger partial charge in [0.05, 0.1) is 0 Å². The molecule has 0 bridgehead atoms. The summed E-state index contributed by atoms with van der Waals surface area (Å²) >= 11 is 0. The molecule has 2 nitrogen and oxygen atoms in total. The van der Waals surface area contributed by atoms with Crippen molar-refractivity contribution in [2.24, 2.45) is 10.9 Å². The minimum Gasteiger partial charge on any atom is -0.872 e. The van der Waals surface area contributed by atoms with Crippen LogP contribution in [0.25, 0.3) is 0 Å². The highest BCUT2D eigenvalue weighted by molar-refractivity contribution is 5.83. The maximum absolute atomic E-state index is 11.7. The van der Waals surface area contributed by atoms with Gasteiger partial charge in [0.1, 0.15) is 0 Å². The Kier molecular flexibility index (Phi) is 4.94. The highest BCUT2D eigenvalue weighted by atomic mass is 16.3. The number of nitrogens with zero attached hydrogens (tertiary/aromatic N) is 1. The Hall–Kier alpha value is -1.31. The molecule has 0 aliphatic heterocycles. The van der Waals surface area contributed by atoms with Crippen molar-refractivity contribution < 1.29 is 5.11 Å². The second kappa shape index (κ2) is 6.03. The summed E-state index contributed by atoms with van der Waals surface area (Å²) in [6.07, 6.45) is 4.91. The molecule has 2 unspecified atom stereocenters. The molecule has 0 fully saturated rings. The summed E-state index contributed by atoms with van der Waals surface area (Å²) in [5.41, 5.74) is 1.96. The van der Waals surface area contributed by atoms with Crippen molar-refractivity contribution in [2.75, 3.05) is 7.05 Å². The van der Waals surface area contributed by atoms with E-state index < -0.39 is 0 Å². The molecule has 0 amide bonds. The van der Waals surface area contributed by atoms with E-state index in [0.29, 0.717) is 11.5 Å². The van der Waals surface area contributed by atoms with Crippen LogP contribution >= 0.6 is 0 Å². The van der Waals surface area contributed by atoms with Crippen LogP contribution in [-0.4, -0.2) is 13.3 Å². The van der Waals surface area contributed by atoms with Gasteiger partial charge in [-0.3, -0.25) is 4.99 Å². The van der Waals surface area contributed by atoms with Crippen LogP contribution in [0.4, 0.5) is 0 Å². The van der Waals surface area contributed by atoms with Crippen molar-refractivity contribution in [3.05, 3.63) is 35.7 Å². The number of hydrogen-bond acceptors (Lipinski definition) is 2. The first-order valence-corrected chi connectivity index (χ1v) is 6.52. The maximum Gasteiger partial charge on any atom is 0.0277 e. The quantitative estimate of drug-likeness (QED) is 0.579. The first-order valence-electron chi connectivity index (χ1n) is 6.52. The van der Waals surface area contributed by atoms with Gasteiger partial charge in [0.2, 0.25) is 0 Å². The number of aliphatic imine (C=N–C) groups is 1. The Bertz CT molecular complexity index is 425. The highest BCUT2D eigenvalue weighted by Gasteiger charge is 2.25. The molecule has 1 aromatic rings. The fourth-order valence-electron chi connectivity index (χ4n) is 2.30. The van der Waals surface area contributed by atoms with Crippen LogP contribution in [0, 0.1) is 12.3 Å². The van der Waals surface area contributed by atoms with E-state index in [1.54, 1.807) is 19.3 Å². The molecule has 0 saturated carbocycles. The lowest BCUT2D eigenvalue weighted by atomic mass is 9.69. The standard InChI is InChI=1S/C16H24NO/c1-6-12(3)16(4,7-2)14-8-9-15(18)13(10-14)11-17-5/h6,8-12,18H,7H2,1-5H3/q-1/p-1. The zero-order chi connectivity index (χ0) is 13.8. The third-order valence-electron chi connectivity index (χ3n) is 4.18. The van der Waals surface area contributed by atoms with Crippen LogP contribution in [0.3, 0.4) is 0 Å². The van der Waals surface area contributed by atoms with E-state index in [0.717, 1.165) is 6.42 Å². The zero-order valence-corrected chi connectivity index (χ0v) is 12.0. The molecule has 0 radical (unpaired) electrons. The van der Waals surface area contributed by atoms with Gasteiger partial charge < -0.3 is 11.5 Å². The maximum atomic E-state index is 11.7.